The molecule has 0 spiro atoms. The average Bonchev–Trinajstić information content (AvgIpc) is 2.82. The Bertz CT molecular complexity index is 541. The Morgan fingerprint density at radius 3 is 3.12 bits per heavy atom. The highest BCUT2D eigenvalue weighted by atomic mass is 16.5. The Hall–Kier alpha value is -1.68. The summed E-state index contributed by atoms with van der Waals surface area (Å²) in [5, 5.41) is 5.36. The van der Waals surface area contributed by atoms with Crippen molar-refractivity contribution in [2.24, 2.45) is 0 Å². The van der Waals surface area contributed by atoms with Gasteiger partial charge >= 0.3 is 0 Å². The molecule has 0 aliphatic carbocycles. The third-order valence-corrected chi connectivity index (χ3v) is 3.18. The number of hydrogen-bond acceptors (Lipinski definition) is 3. The number of hydrogen-bond donors (Lipinski definition) is 0. The van der Waals surface area contributed by atoms with Crippen LogP contribution in [0.4, 0.5) is 0 Å². The van der Waals surface area contributed by atoms with E-state index in [9.17, 15) is 4.79 Å². The first-order chi connectivity index (χ1) is 8.38. The quantitative estimate of drug-likeness (QED) is 0.745. The fourth-order valence-electron chi connectivity index (χ4n) is 2.29. The molecule has 2 aromatic rings. The van der Waals surface area contributed by atoms with Crippen molar-refractivity contribution in [2.45, 2.75) is 25.5 Å². The van der Waals surface area contributed by atoms with E-state index in [0.29, 0.717) is 5.56 Å². The number of fused-ring (bicyclic) bond motifs is 1. The van der Waals surface area contributed by atoms with Gasteiger partial charge in [0.05, 0.1) is 11.7 Å². The Labute approximate surface area is 99.2 Å². The van der Waals surface area contributed by atoms with Gasteiger partial charge < -0.3 is 4.74 Å². The van der Waals surface area contributed by atoms with Gasteiger partial charge in [0.1, 0.15) is 6.29 Å². The fourth-order valence-corrected chi connectivity index (χ4v) is 2.29. The summed E-state index contributed by atoms with van der Waals surface area (Å²) in [6.07, 6.45) is 6.01. The second-order valence-corrected chi connectivity index (χ2v) is 4.35. The Morgan fingerprint density at radius 1 is 1.41 bits per heavy atom. The molecule has 1 saturated heterocycles. The van der Waals surface area contributed by atoms with Gasteiger partial charge in [-0.1, -0.05) is 0 Å². The number of aromatic nitrogens is 2. The highest BCUT2D eigenvalue weighted by Crippen LogP contribution is 2.26. The van der Waals surface area contributed by atoms with Crippen LogP contribution in [0, 0.1) is 0 Å². The van der Waals surface area contributed by atoms with Crippen molar-refractivity contribution in [1.82, 2.24) is 9.78 Å². The first-order valence-corrected chi connectivity index (χ1v) is 5.92. The molecule has 0 saturated carbocycles. The third-order valence-electron chi connectivity index (χ3n) is 3.18. The first-order valence-electron chi connectivity index (χ1n) is 5.92. The normalized spacial score (nSPS) is 20.6. The molecule has 0 unspecified atom stereocenters. The van der Waals surface area contributed by atoms with Gasteiger partial charge in [0.2, 0.25) is 0 Å². The number of nitrogens with zero attached hydrogens (tertiary/aromatic N) is 2. The highest BCUT2D eigenvalue weighted by molar-refractivity contribution is 5.86. The molecule has 0 radical (unpaired) electrons. The second kappa shape index (κ2) is 4.30. The van der Waals surface area contributed by atoms with E-state index < -0.39 is 0 Å². The molecule has 88 valence electrons. The lowest BCUT2D eigenvalue weighted by Gasteiger charge is -2.23. The SMILES string of the molecule is O=Cc1ccc2c(cnn2[C@@H]2CCCCO2)c1. The summed E-state index contributed by atoms with van der Waals surface area (Å²) in [4.78, 5) is 10.7. The molecule has 1 atom stereocenters. The van der Waals surface area contributed by atoms with Crippen LogP contribution >= 0.6 is 0 Å². The molecular formula is C13H14N2O2. The smallest absolute Gasteiger partial charge is 0.150 e. The molecule has 0 N–H and O–H groups in total. The van der Waals surface area contributed by atoms with Gasteiger partial charge in [0.25, 0.3) is 0 Å². The molecule has 0 amide bonds. The van der Waals surface area contributed by atoms with Crippen LogP contribution in [-0.2, 0) is 4.74 Å². The topological polar surface area (TPSA) is 44.1 Å². The molecule has 1 aromatic carbocycles. The van der Waals surface area contributed by atoms with Crippen LogP contribution in [-0.4, -0.2) is 22.7 Å². The maximum absolute atomic E-state index is 10.7. The minimum atomic E-state index is 0.0448. The highest BCUT2D eigenvalue weighted by Gasteiger charge is 2.18. The van der Waals surface area contributed by atoms with E-state index in [-0.39, 0.29) is 6.23 Å². The van der Waals surface area contributed by atoms with Crippen molar-refractivity contribution in [2.75, 3.05) is 6.61 Å². The molecule has 2 heterocycles. The van der Waals surface area contributed by atoms with E-state index in [1.54, 1.807) is 6.20 Å². The van der Waals surface area contributed by atoms with Crippen molar-refractivity contribution in [3.8, 4) is 0 Å². The lowest BCUT2D eigenvalue weighted by atomic mass is 10.1. The zero-order valence-electron chi connectivity index (χ0n) is 9.50. The number of ether oxygens (including phenoxy) is 1. The Kier molecular flexibility index (Phi) is 2.65. The van der Waals surface area contributed by atoms with E-state index in [0.717, 1.165) is 36.6 Å². The van der Waals surface area contributed by atoms with Gasteiger partial charge in [0, 0.05) is 17.6 Å². The molecule has 1 aliphatic rings. The summed E-state index contributed by atoms with van der Waals surface area (Å²) in [5.41, 5.74) is 1.71. The molecule has 17 heavy (non-hydrogen) atoms. The van der Waals surface area contributed by atoms with Crippen molar-refractivity contribution >= 4 is 17.2 Å². The van der Waals surface area contributed by atoms with Crippen LogP contribution in [0.25, 0.3) is 10.9 Å². The zero-order chi connectivity index (χ0) is 11.7. The van der Waals surface area contributed by atoms with E-state index >= 15 is 0 Å². The number of rotatable bonds is 2. The summed E-state index contributed by atoms with van der Waals surface area (Å²) in [5.74, 6) is 0. The first kappa shape index (κ1) is 10.5. The van der Waals surface area contributed by atoms with Crippen LogP contribution in [0.1, 0.15) is 35.8 Å². The standard InChI is InChI=1S/C13H14N2O2/c16-9-10-4-5-12-11(7-10)8-14-15(12)13-3-1-2-6-17-13/h4-5,7-9,13H,1-3,6H2/t13-/m0/s1. The maximum atomic E-state index is 10.7. The Morgan fingerprint density at radius 2 is 2.35 bits per heavy atom. The van der Waals surface area contributed by atoms with Gasteiger partial charge in [0.15, 0.2) is 6.23 Å². The molecule has 3 rings (SSSR count). The summed E-state index contributed by atoms with van der Waals surface area (Å²) >= 11 is 0. The van der Waals surface area contributed by atoms with Crippen LogP contribution < -0.4 is 0 Å². The van der Waals surface area contributed by atoms with E-state index in [2.05, 4.69) is 5.10 Å². The van der Waals surface area contributed by atoms with Gasteiger partial charge in [-0.25, -0.2) is 4.68 Å². The van der Waals surface area contributed by atoms with Crippen molar-refractivity contribution in [1.29, 1.82) is 0 Å². The van der Waals surface area contributed by atoms with E-state index in [1.165, 1.54) is 6.42 Å². The average molecular weight is 230 g/mol. The number of carbonyl (C=O) groups excluding carboxylic acids is 1. The number of carbonyl (C=O) groups is 1. The fraction of sp³-hybridized carbons (Fsp3) is 0.385. The molecule has 4 nitrogen and oxygen atoms in total. The zero-order valence-corrected chi connectivity index (χ0v) is 9.50. The predicted octanol–water partition coefficient (Wildman–Crippen LogP) is 2.55. The van der Waals surface area contributed by atoms with Crippen molar-refractivity contribution in [3.63, 3.8) is 0 Å². The minimum Gasteiger partial charge on any atom is -0.356 e. The van der Waals surface area contributed by atoms with Crippen LogP contribution in [0.15, 0.2) is 24.4 Å². The largest absolute Gasteiger partial charge is 0.356 e. The van der Waals surface area contributed by atoms with E-state index in [4.69, 9.17) is 4.74 Å². The van der Waals surface area contributed by atoms with E-state index in [1.807, 2.05) is 22.9 Å². The molecular weight excluding hydrogens is 216 g/mol. The lowest BCUT2D eigenvalue weighted by Crippen LogP contribution is -2.18. The van der Waals surface area contributed by atoms with Crippen LogP contribution in [0.2, 0.25) is 0 Å². The summed E-state index contributed by atoms with van der Waals surface area (Å²) < 4.78 is 7.64. The summed E-state index contributed by atoms with van der Waals surface area (Å²) in [6.45, 7) is 0.804. The second-order valence-electron chi connectivity index (χ2n) is 4.35. The van der Waals surface area contributed by atoms with Crippen LogP contribution in [0.3, 0.4) is 0 Å². The molecule has 4 heteroatoms. The monoisotopic (exact) mass is 230 g/mol. The summed E-state index contributed by atoms with van der Waals surface area (Å²) in [6, 6.07) is 5.61. The molecule has 1 aliphatic heterocycles. The molecule has 1 aromatic heterocycles. The molecule has 1 fully saturated rings. The molecule has 0 bridgehead atoms. The third kappa shape index (κ3) is 1.85. The van der Waals surface area contributed by atoms with Crippen molar-refractivity contribution < 1.29 is 9.53 Å². The van der Waals surface area contributed by atoms with Crippen molar-refractivity contribution in [3.05, 3.63) is 30.0 Å². The van der Waals surface area contributed by atoms with Crippen LogP contribution in [0.5, 0.6) is 0 Å². The minimum absolute atomic E-state index is 0.0448. The van der Waals surface area contributed by atoms with Gasteiger partial charge in [-0.2, -0.15) is 5.10 Å². The predicted molar refractivity (Wildman–Crippen MR) is 64.0 cm³/mol. The van der Waals surface area contributed by atoms with Gasteiger partial charge in [-0.3, -0.25) is 4.79 Å². The summed E-state index contributed by atoms with van der Waals surface area (Å²) in [7, 11) is 0. The number of benzene rings is 1. The van der Waals surface area contributed by atoms with Gasteiger partial charge in [-0.15, -0.1) is 0 Å². The van der Waals surface area contributed by atoms with Gasteiger partial charge in [-0.05, 0) is 37.5 Å². The number of aldehydes is 1. The maximum Gasteiger partial charge on any atom is 0.150 e. The Balaban J connectivity index is 2.02. The lowest BCUT2D eigenvalue weighted by molar-refractivity contribution is -0.0366.